The van der Waals surface area contributed by atoms with E-state index < -0.39 is 5.97 Å². The minimum Gasteiger partial charge on any atom is -0.423 e. The fraction of sp³-hybridized carbons (Fsp3) is 0. The van der Waals surface area contributed by atoms with Crippen molar-refractivity contribution in [3.63, 3.8) is 0 Å². The van der Waals surface area contributed by atoms with Crippen LogP contribution in [0.5, 0.6) is 5.75 Å². The van der Waals surface area contributed by atoms with E-state index in [2.05, 4.69) is 0 Å². The fourth-order valence-electron chi connectivity index (χ4n) is 1.52. The monoisotopic (exact) mass is 267 g/mol. The average molecular weight is 267 g/mol. The van der Waals surface area contributed by atoms with Crippen molar-refractivity contribution in [2.75, 3.05) is 0 Å². The average Bonchev–Trinajstić information content (AvgIpc) is 2.46. The molecule has 2 rings (SSSR count). The highest BCUT2D eigenvalue weighted by Gasteiger charge is 2.00. The molecule has 0 spiro atoms. The van der Waals surface area contributed by atoms with E-state index in [1.54, 1.807) is 24.3 Å². The van der Waals surface area contributed by atoms with Crippen molar-refractivity contribution in [2.45, 2.75) is 0 Å². The number of halogens is 1. The minimum atomic E-state index is -0.570. The van der Waals surface area contributed by atoms with Gasteiger partial charge in [0.1, 0.15) is 11.6 Å². The number of benzene rings is 2. The predicted octanol–water partition coefficient (Wildman–Crippen LogP) is 3.32. The topological polar surface area (TPSA) is 50.1 Å². The molecule has 4 heteroatoms. The van der Waals surface area contributed by atoms with Gasteiger partial charge >= 0.3 is 5.97 Å². The zero-order chi connectivity index (χ0) is 14.4. The summed E-state index contributed by atoms with van der Waals surface area (Å²) in [4.78, 5) is 11.6. The number of hydrogen-bond donors (Lipinski definition) is 0. The summed E-state index contributed by atoms with van der Waals surface area (Å²) in [5.41, 5.74) is 1.06. The molecule has 0 unspecified atom stereocenters. The summed E-state index contributed by atoms with van der Waals surface area (Å²) in [5, 5.41) is 8.64. The van der Waals surface area contributed by atoms with Crippen molar-refractivity contribution in [2.24, 2.45) is 0 Å². The van der Waals surface area contributed by atoms with Gasteiger partial charge in [-0.1, -0.05) is 12.1 Å². The van der Waals surface area contributed by atoms with Crippen molar-refractivity contribution in [1.29, 1.82) is 5.26 Å². The van der Waals surface area contributed by atoms with E-state index >= 15 is 0 Å². The number of hydrogen-bond acceptors (Lipinski definition) is 3. The lowest BCUT2D eigenvalue weighted by molar-refractivity contribution is -0.128. The van der Waals surface area contributed by atoms with Crippen molar-refractivity contribution in [3.8, 4) is 11.8 Å². The van der Waals surface area contributed by atoms with Crippen LogP contribution >= 0.6 is 0 Å². The van der Waals surface area contributed by atoms with Gasteiger partial charge in [-0.05, 0) is 48.0 Å². The lowest BCUT2D eigenvalue weighted by atomic mass is 10.2. The first-order valence-corrected chi connectivity index (χ1v) is 5.83. The summed E-state index contributed by atoms with van der Waals surface area (Å²) < 4.78 is 18.0. The van der Waals surface area contributed by atoms with E-state index in [9.17, 15) is 9.18 Å². The number of esters is 1. The van der Waals surface area contributed by atoms with E-state index in [1.165, 1.54) is 36.4 Å². The number of carbonyl (C=O) groups excluding carboxylic acids is 1. The molecule has 0 atom stereocenters. The van der Waals surface area contributed by atoms with Crippen LogP contribution in [0.15, 0.2) is 54.6 Å². The van der Waals surface area contributed by atoms with Crippen molar-refractivity contribution >= 4 is 12.0 Å². The van der Waals surface area contributed by atoms with Crippen molar-refractivity contribution < 1.29 is 13.9 Å². The molecular formula is C16H10FNO2. The molecule has 0 saturated heterocycles. The van der Waals surface area contributed by atoms with Gasteiger partial charge in [-0.2, -0.15) is 5.26 Å². The highest BCUT2D eigenvalue weighted by Crippen LogP contribution is 2.12. The lowest BCUT2D eigenvalue weighted by Crippen LogP contribution is -2.03. The Kier molecular flexibility index (Phi) is 4.25. The maximum absolute atomic E-state index is 12.9. The third kappa shape index (κ3) is 3.79. The molecule has 0 aliphatic heterocycles. The Morgan fingerprint density at radius 3 is 2.60 bits per heavy atom. The first kappa shape index (κ1) is 13.5. The maximum atomic E-state index is 12.9. The van der Waals surface area contributed by atoms with E-state index in [0.29, 0.717) is 16.9 Å². The molecule has 0 amide bonds. The molecule has 0 N–H and O–H groups in total. The summed E-state index contributed by atoms with van der Waals surface area (Å²) in [7, 11) is 0. The Bertz CT molecular complexity index is 684. The lowest BCUT2D eigenvalue weighted by Gasteiger charge is -2.00. The number of ether oxygens (including phenoxy) is 1. The highest BCUT2D eigenvalue weighted by atomic mass is 19.1. The second kappa shape index (κ2) is 6.30. The third-order valence-corrected chi connectivity index (χ3v) is 2.46. The fourth-order valence-corrected chi connectivity index (χ4v) is 1.52. The van der Waals surface area contributed by atoms with E-state index in [-0.39, 0.29) is 5.82 Å². The van der Waals surface area contributed by atoms with E-state index in [4.69, 9.17) is 10.00 Å². The Hall–Kier alpha value is -2.93. The van der Waals surface area contributed by atoms with Gasteiger partial charge in [0.25, 0.3) is 0 Å². The van der Waals surface area contributed by atoms with E-state index in [1.807, 2.05) is 6.07 Å². The molecule has 2 aromatic rings. The van der Waals surface area contributed by atoms with Crippen LogP contribution < -0.4 is 4.74 Å². The molecule has 98 valence electrons. The summed E-state index contributed by atoms with van der Waals surface area (Å²) in [6.45, 7) is 0. The highest BCUT2D eigenvalue weighted by molar-refractivity contribution is 5.88. The van der Waals surface area contributed by atoms with Crippen LogP contribution in [0, 0.1) is 17.1 Å². The van der Waals surface area contributed by atoms with Crippen LogP contribution in [0.25, 0.3) is 6.08 Å². The van der Waals surface area contributed by atoms with E-state index in [0.717, 1.165) is 0 Å². The Morgan fingerprint density at radius 1 is 1.20 bits per heavy atom. The number of nitriles is 1. The Labute approximate surface area is 115 Å². The zero-order valence-electron chi connectivity index (χ0n) is 10.4. The van der Waals surface area contributed by atoms with Crippen LogP contribution in [0.3, 0.4) is 0 Å². The number of nitrogens with zero attached hydrogens (tertiary/aromatic N) is 1. The van der Waals surface area contributed by atoms with Crippen LogP contribution in [0.1, 0.15) is 11.1 Å². The van der Waals surface area contributed by atoms with Gasteiger partial charge < -0.3 is 4.74 Å². The second-order valence-electron chi connectivity index (χ2n) is 3.95. The Balaban J connectivity index is 2.00. The molecule has 20 heavy (non-hydrogen) atoms. The van der Waals surface area contributed by atoms with Gasteiger partial charge in [0.2, 0.25) is 0 Å². The van der Waals surface area contributed by atoms with Crippen molar-refractivity contribution in [3.05, 3.63) is 71.6 Å². The first-order chi connectivity index (χ1) is 9.67. The molecule has 0 aliphatic rings. The third-order valence-electron chi connectivity index (χ3n) is 2.46. The van der Waals surface area contributed by atoms with Crippen molar-refractivity contribution in [1.82, 2.24) is 0 Å². The Morgan fingerprint density at radius 2 is 1.95 bits per heavy atom. The first-order valence-electron chi connectivity index (χ1n) is 5.83. The maximum Gasteiger partial charge on any atom is 0.336 e. The number of carbonyl (C=O) groups is 1. The molecule has 0 radical (unpaired) electrons. The summed E-state index contributed by atoms with van der Waals surface area (Å²) in [5.74, 6) is -0.593. The standard InChI is InChI=1S/C16H10FNO2/c17-14-3-1-2-12(10-14)6-9-16(19)20-15-7-4-13(11-18)5-8-15/h1-10H/b9-6+. The summed E-state index contributed by atoms with van der Waals surface area (Å²) in [6, 6.07) is 14.0. The van der Waals surface area contributed by atoms with Crippen LogP contribution in [0.2, 0.25) is 0 Å². The number of rotatable bonds is 3. The van der Waals surface area contributed by atoms with Crippen LogP contribution in [-0.4, -0.2) is 5.97 Å². The molecule has 0 bridgehead atoms. The minimum absolute atomic E-state index is 0.345. The summed E-state index contributed by atoms with van der Waals surface area (Å²) >= 11 is 0. The second-order valence-corrected chi connectivity index (χ2v) is 3.95. The van der Waals surface area contributed by atoms with Gasteiger partial charge in [-0.3, -0.25) is 0 Å². The molecule has 0 fully saturated rings. The molecular weight excluding hydrogens is 257 g/mol. The molecule has 0 aromatic heterocycles. The van der Waals surface area contributed by atoms with Crippen LogP contribution in [0.4, 0.5) is 4.39 Å². The van der Waals surface area contributed by atoms with Gasteiger partial charge in [0.05, 0.1) is 11.6 Å². The quantitative estimate of drug-likeness (QED) is 0.487. The molecule has 0 aliphatic carbocycles. The smallest absolute Gasteiger partial charge is 0.336 e. The zero-order valence-corrected chi connectivity index (χ0v) is 10.4. The van der Waals surface area contributed by atoms with Gasteiger partial charge in [0, 0.05) is 6.08 Å². The SMILES string of the molecule is N#Cc1ccc(OC(=O)/C=C/c2cccc(F)c2)cc1. The summed E-state index contributed by atoms with van der Waals surface area (Å²) in [6.07, 6.45) is 2.68. The molecule has 2 aromatic carbocycles. The molecule has 0 heterocycles. The molecule has 0 saturated carbocycles. The normalized spacial score (nSPS) is 10.2. The van der Waals surface area contributed by atoms with Crippen LogP contribution in [-0.2, 0) is 4.79 Å². The van der Waals surface area contributed by atoms with Gasteiger partial charge in [-0.25, -0.2) is 9.18 Å². The van der Waals surface area contributed by atoms with Gasteiger partial charge in [-0.15, -0.1) is 0 Å². The predicted molar refractivity (Wildman–Crippen MR) is 72.2 cm³/mol. The van der Waals surface area contributed by atoms with Gasteiger partial charge in [0.15, 0.2) is 0 Å². The molecule has 3 nitrogen and oxygen atoms in total. The largest absolute Gasteiger partial charge is 0.423 e.